The summed E-state index contributed by atoms with van der Waals surface area (Å²) in [4.78, 5) is 11.8. The lowest BCUT2D eigenvalue weighted by molar-refractivity contribution is -0.158. The summed E-state index contributed by atoms with van der Waals surface area (Å²) in [6, 6.07) is 6.95. The number of rotatable bonds is 6. The van der Waals surface area contributed by atoms with Crippen molar-refractivity contribution in [2.75, 3.05) is 19.0 Å². The van der Waals surface area contributed by atoms with E-state index in [-0.39, 0.29) is 6.29 Å². The number of aromatic carboxylic acids is 1. The minimum atomic E-state index is -0.894. The smallest absolute Gasteiger partial charge is 0.335 e. The molecule has 19 heavy (non-hydrogen) atoms. The zero-order chi connectivity index (χ0) is 13.5. The standard InChI is InChI=1S/C14H18O4S/c15-14(16)11-4-3-5-12(10-11)19-9-8-18-13-6-1-2-7-17-13/h3-5,10,13H,1-2,6-9H2,(H,15,16). The molecule has 0 spiro atoms. The van der Waals surface area contributed by atoms with Crippen molar-refractivity contribution in [2.45, 2.75) is 30.4 Å². The van der Waals surface area contributed by atoms with Crippen LogP contribution >= 0.6 is 11.8 Å². The van der Waals surface area contributed by atoms with E-state index >= 15 is 0 Å². The van der Waals surface area contributed by atoms with Crippen molar-refractivity contribution in [3.05, 3.63) is 29.8 Å². The summed E-state index contributed by atoms with van der Waals surface area (Å²) in [6.07, 6.45) is 3.20. The van der Waals surface area contributed by atoms with E-state index in [0.29, 0.717) is 12.2 Å². The van der Waals surface area contributed by atoms with Crippen LogP contribution in [0.25, 0.3) is 0 Å². The van der Waals surface area contributed by atoms with Gasteiger partial charge in [-0.3, -0.25) is 0 Å². The molecule has 1 unspecified atom stereocenters. The Hall–Kier alpha value is -1.04. The highest BCUT2D eigenvalue weighted by atomic mass is 32.2. The van der Waals surface area contributed by atoms with Crippen molar-refractivity contribution < 1.29 is 19.4 Å². The van der Waals surface area contributed by atoms with Crippen molar-refractivity contribution in [1.29, 1.82) is 0 Å². The number of carbonyl (C=O) groups is 1. The third-order valence-corrected chi connectivity index (χ3v) is 3.83. The molecule has 5 heteroatoms. The number of thioether (sulfide) groups is 1. The maximum Gasteiger partial charge on any atom is 0.335 e. The first-order valence-electron chi connectivity index (χ1n) is 6.45. The van der Waals surface area contributed by atoms with Gasteiger partial charge >= 0.3 is 5.97 Å². The number of hydrogen-bond donors (Lipinski definition) is 1. The number of carboxylic acid groups (broad SMARTS) is 1. The lowest BCUT2D eigenvalue weighted by Crippen LogP contribution is -2.23. The van der Waals surface area contributed by atoms with Crippen molar-refractivity contribution >= 4 is 17.7 Å². The van der Waals surface area contributed by atoms with Gasteiger partial charge in [0.25, 0.3) is 0 Å². The molecule has 0 amide bonds. The maximum absolute atomic E-state index is 10.8. The van der Waals surface area contributed by atoms with E-state index < -0.39 is 5.97 Å². The quantitative estimate of drug-likeness (QED) is 0.642. The average Bonchev–Trinajstić information content (AvgIpc) is 2.45. The second-order valence-corrected chi connectivity index (χ2v) is 5.52. The maximum atomic E-state index is 10.8. The van der Waals surface area contributed by atoms with Crippen molar-refractivity contribution in [2.24, 2.45) is 0 Å². The topological polar surface area (TPSA) is 55.8 Å². The Kier molecular flexibility index (Phi) is 5.69. The normalized spacial score (nSPS) is 19.3. The van der Waals surface area contributed by atoms with Crippen LogP contribution in [0.5, 0.6) is 0 Å². The van der Waals surface area contributed by atoms with Gasteiger partial charge in [0.1, 0.15) is 0 Å². The van der Waals surface area contributed by atoms with Gasteiger partial charge in [0.2, 0.25) is 0 Å². The van der Waals surface area contributed by atoms with Gasteiger partial charge < -0.3 is 14.6 Å². The fourth-order valence-electron chi connectivity index (χ4n) is 1.90. The van der Waals surface area contributed by atoms with Crippen LogP contribution in [-0.2, 0) is 9.47 Å². The first-order chi connectivity index (χ1) is 9.25. The third kappa shape index (κ3) is 4.86. The molecule has 4 nitrogen and oxygen atoms in total. The van der Waals surface area contributed by atoms with Gasteiger partial charge in [-0.25, -0.2) is 4.79 Å². The van der Waals surface area contributed by atoms with Gasteiger partial charge in [0.15, 0.2) is 6.29 Å². The molecule has 1 atom stereocenters. The first kappa shape index (κ1) is 14.4. The highest BCUT2D eigenvalue weighted by Crippen LogP contribution is 2.20. The molecule has 1 saturated heterocycles. The molecule has 1 N–H and O–H groups in total. The van der Waals surface area contributed by atoms with Gasteiger partial charge in [0, 0.05) is 17.3 Å². The van der Waals surface area contributed by atoms with E-state index in [1.54, 1.807) is 30.0 Å². The van der Waals surface area contributed by atoms with Crippen molar-refractivity contribution in [3.8, 4) is 0 Å². The molecule has 1 aromatic rings. The van der Waals surface area contributed by atoms with Gasteiger partial charge in [0.05, 0.1) is 12.2 Å². The summed E-state index contributed by atoms with van der Waals surface area (Å²) < 4.78 is 11.1. The molecule has 1 heterocycles. The molecule has 1 fully saturated rings. The number of benzene rings is 1. The van der Waals surface area contributed by atoms with Gasteiger partial charge in [-0.2, -0.15) is 0 Å². The van der Waals surface area contributed by atoms with Gasteiger partial charge in [-0.15, -0.1) is 11.8 Å². The van der Waals surface area contributed by atoms with Crippen LogP contribution in [0.4, 0.5) is 0 Å². The van der Waals surface area contributed by atoms with Crippen molar-refractivity contribution in [3.63, 3.8) is 0 Å². The fraction of sp³-hybridized carbons (Fsp3) is 0.500. The largest absolute Gasteiger partial charge is 0.478 e. The minimum absolute atomic E-state index is 0.0558. The van der Waals surface area contributed by atoms with Gasteiger partial charge in [-0.05, 0) is 37.5 Å². The fourth-order valence-corrected chi connectivity index (χ4v) is 2.70. The molecule has 0 saturated carbocycles. The summed E-state index contributed by atoms with van der Waals surface area (Å²) in [6.45, 7) is 1.41. The molecule has 1 aliphatic rings. The number of ether oxygens (including phenoxy) is 2. The molecule has 1 aliphatic heterocycles. The summed E-state index contributed by atoms with van der Waals surface area (Å²) in [5, 5.41) is 8.90. The van der Waals surface area contributed by atoms with E-state index in [4.69, 9.17) is 14.6 Å². The van der Waals surface area contributed by atoms with Crippen LogP contribution in [0.3, 0.4) is 0 Å². The monoisotopic (exact) mass is 282 g/mol. The summed E-state index contributed by atoms with van der Waals surface area (Å²) >= 11 is 1.60. The Labute approximate surface area is 117 Å². The van der Waals surface area contributed by atoms with Crippen LogP contribution in [0.15, 0.2) is 29.2 Å². The highest BCUT2D eigenvalue weighted by molar-refractivity contribution is 7.99. The van der Waals surface area contributed by atoms with Crippen molar-refractivity contribution in [1.82, 2.24) is 0 Å². The Morgan fingerprint density at radius 2 is 2.37 bits per heavy atom. The molecule has 104 valence electrons. The Bertz CT molecular complexity index is 416. The van der Waals surface area contributed by atoms with E-state index in [1.807, 2.05) is 6.07 Å². The van der Waals surface area contributed by atoms with Crippen LogP contribution in [0.2, 0.25) is 0 Å². The van der Waals surface area contributed by atoms with Crippen LogP contribution < -0.4 is 0 Å². The Morgan fingerprint density at radius 1 is 1.47 bits per heavy atom. The molecule has 1 aromatic carbocycles. The number of carboxylic acids is 1. The molecule has 0 aliphatic carbocycles. The average molecular weight is 282 g/mol. The third-order valence-electron chi connectivity index (χ3n) is 2.87. The molecule has 0 radical (unpaired) electrons. The van der Waals surface area contributed by atoms with Gasteiger partial charge in [-0.1, -0.05) is 6.07 Å². The Balaban J connectivity index is 1.70. The van der Waals surface area contributed by atoms with Crippen LogP contribution in [0.1, 0.15) is 29.6 Å². The number of hydrogen-bond acceptors (Lipinski definition) is 4. The van der Waals surface area contributed by atoms with E-state index in [1.165, 1.54) is 6.42 Å². The molecule has 0 aromatic heterocycles. The zero-order valence-electron chi connectivity index (χ0n) is 10.7. The molecular weight excluding hydrogens is 264 g/mol. The summed E-state index contributed by atoms with van der Waals surface area (Å²) in [5.74, 6) is -0.0996. The van der Waals surface area contributed by atoms with E-state index in [0.717, 1.165) is 30.1 Å². The Morgan fingerprint density at radius 3 is 3.11 bits per heavy atom. The van der Waals surface area contributed by atoms with Crippen LogP contribution in [-0.4, -0.2) is 36.3 Å². The predicted molar refractivity (Wildman–Crippen MR) is 73.7 cm³/mol. The van der Waals surface area contributed by atoms with E-state index in [9.17, 15) is 4.79 Å². The molecule has 0 bridgehead atoms. The van der Waals surface area contributed by atoms with Crippen LogP contribution in [0, 0.1) is 0 Å². The summed E-state index contributed by atoms with van der Waals surface area (Å²) in [7, 11) is 0. The SMILES string of the molecule is O=C(O)c1cccc(SCCOC2CCCCO2)c1. The highest BCUT2D eigenvalue weighted by Gasteiger charge is 2.13. The second kappa shape index (κ2) is 7.53. The molecule has 2 rings (SSSR count). The zero-order valence-corrected chi connectivity index (χ0v) is 11.5. The lowest BCUT2D eigenvalue weighted by Gasteiger charge is -2.22. The second-order valence-electron chi connectivity index (χ2n) is 4.35. The molecular formula is C14H18O4S. The van der Waals surface area contributed by atoms with E-state index in [2.05, 4.69) is 0 Å². The minimum Gasteiger partial charge on any atom is -0.478 e. The first-order valence-corrected chi connectivity index (χ1v) is 7.43. The predicted octanol–water partition coefficient (Wildman–Crippen LogP) is 3.02. The summed E-state index contributed by atoms with van der Waals surface area (Å²) in [5.41, 5.74) is 0.321. The lowest BCUT2D eigenvalue weighted by atomic mass is 10.2.